The monoisotopic (exact) mass is 454 g/mol. The number of halogens is 5. The molecular weight excluding hydrogens is 435 g/mol. The van der Waals surface area contributed by atoms with E-state index in [1.807, 2.05) is 32.9 Å². The topological polar surface area (TPSA) is 52.6 Å². The fourth-order valence-corrected chi connectivity index (χ4v) is 4.06. The zero-order valence-corrected chi connectivity index (χ0v) is 17.7. The van der Waals surface area contributed by atoms with E-state index in [1.54, 1.807) is 0 Å². The number of aryl methyl sites for hydroxylation is 3. The van der Waals surface area contributed by atoms with Crippen molar-refractivity contribution in [3.8, 4) is 5.75 Å². The van der Waals surface area contributed by atoms with E-state index in [-0.39, 0.29) is 23.5 Å². The molecule has 0 fully saturated rings. The summed E-state index contributed by atoms with van der Waals surface area (Å²) < 4.78 is 77.3. The molecule has 1 aliphatic rings. The van der Waals surface area contributed by atoms with Gasteiger partial charge in [-0.05, 0) is 37.5 Å². The van der Waals surface area contributed by atoms with E-state index in [1.165, 1.54) is 7.11 Å². The number of ether oxygens (including phenoxy) is 2. The maximum atomic E-state index is 13.8. The molecule has 0 spiro atoms. The lowest BCUT2D eigenvalue weighted by Crippen LogP contribution is -2.18. The summed E-state index contributed by atoms with van der Waals surface area (Å²) in [4.78, 5) is 25.1. The second kappa shape index (κ2) is 8.72. The van der Waals surface area contributed by atoms with Gasteiger partial charge in [-0.2, -0.15) is 8.78 Å². The standard InChI is InChI=1S/C23H19F5O4/c1-9-5-10(2)15(11(3)6-9)16-13(29)7-12(22(16)31-4)8-14(30)32-23-20(27)18(25)17(24)19(26)21(23)28/h5-6,12H,7-8H2,1-4H3. The SMILES string of the molecule is COC1=C(c2c(C)cc(C)cc2C)C(=O)CC1CC(=O)Oc1c(F)c(F)c(F)c(F)c1F. The van der Waals surface area contributed by atoms with Crippen LogP contribution in [-0.2, 0) is 14.3 Å². The van der Waals surface area contributed by atoms with Gasteiger partial charge < -0.3 is 9.47 Å². The summed E-state index contributed by atoms with van der Waals surface area (Å²) in [5, 5.41) is 0. The fourth-order valence-electron chi connectivity index (χ4n) is 4.06. The van der Waals surface area contributed by atoms with Crippen LogP contribution in [0.2, 0.25) is 0 Å². The van der Waals surface area contributed by atoms with E-state index < -0.39 is 53.1 Å². The number of hydrogen-bond acceptors (Lipinski definition) is 4. The molecule has 1 unspecified atom stereocenters. The molecule has 0 radical (unpaired) electrons. The van der Waals surface area contributed by atoms with Crippen LogP contribution in [0.25, 0.3) is 5.57 Å². The summed E-state index contributed by atoms with van der Waals surface area (Å²) in [5.74, 6) is -15.2. The lowest BCUT2D eigenvalue weighted by atomic mass is 9.92. The van der Waals surface area contributed by atoms with Crippen molar-refractivity contribution in [2.24, 2.45) is 5.92 Å². The van der Waals surface area contributed by atoms with Crippen molar-refractivity contribution in [3.63, 3.8) is 0 Å². The van der Waals surface area contributed by atoms with Gasteiger partial charge in [-0.3, -0.25) is 9.59 Å². The van der Waals surface area contributed by atoms with Crippen molar-refractivity contribution in [1.29, 1.82) is 0 Å². The van der Waals surface area contributed by atoms with Crippen LogP contribution in [0.1, 0.15) is 35.1 Å². The lowest BCUT2D eigenvalue weighted by Gasteiger charge is -2.16. The molecule has 3 rings (SSSR count). The molecule has 1 atom stereocenters. The molecule has 2 aromatic carbocycles. The quantitative estimate of drug-likeness (QED) is 0.204. The van der Waals surface area contributed by atoms with E-state index in [2.05, 4.69) is 4.74 Å². The van der Waals surface area contributed by atoms with Crippen molar-refractivity contribution in [3.05, 3.63) is 69.2 Å². The first-order valence-electron chi connectivity index (χ1n) is 9.59. The third-order valence-corrected chi connectivity index (χ3v) is 5.27. The minimum Gasteiger partial charge on any atom is -0.500 e. The van der Waals surface area contributed by atoms with Crippen molar-refractivity contribution < 1.29 is 41.0 Å². The third kappa shape index (κ3) is 3.99. The van der Waals surface area contributed by atoms with Crippen LogP contribution in [0.3, 0.4) is 0 Å². The van der Waals surface area contributed by atoms with E-state index in [9.17, 15) is 31.5 Å². The Kier molecular flexibility index (Phi) is 6.39. The number of methoxy groups -OCH3 is 1. The number of Topliss-reactive ketones (excluding diaryl/α,β-unsaturated/α-hetero) is 1. The minimum absolute atomic E-state index is 0.141. The second-order valence-corrected chi connectivity index (χ2v) is 7.62. The van der Waals surface area contributed by atoms with Crippen LogP contribution in [0.5, 0.6) is 5.75 Å². The Morgan fingerprint density at radius 2 is 1.44 bits per heavy atom. The minimum atomic E-state index is -2.36. The van der Waals surface area contributed by atoms with Gasteiger partial charge in [-0.15, -0.1) is 0 Å². The highest BCUT2D eigenvalue weighted by Gasteiger charge is 2.38. The molecule has 0 aliphatic heterocycles. The van der Waals surface area contributed by atoms with Crippen LogP contribution in [-0.4, -0.2) is 18.9 Å². The van der Waals surface area contributed by atoms with Crippen molar-refractivity contribution in [2.45, 2.75) is 33.6 Å². The molecule has 1 aliphatic carbocycles. The van der Waals surface area contributed by atoms with Crippen LogP contribution in [0.15, 0.2) is 17.9 Å². The predicted octanol–water partition coefficient (Wildman–Crippen LogP) is 5.25. The molecule has 0 N–H and O–H groups in total. The maximum Gasteiger partial charge on any atom is 0.312 e. The van der Waals surface area contributed by atoms with Gasteiger partial charge in [-0.25, -0.2) is 13.2 Å². The average molecular weight is 454 g/mol. The third-order valence-electron chi connectivity index (χ3n) is 5.27. The van der Waals surface area contributed by atoms with Gasteiger partial charge in [0.25, 0.3) is 0 Å². The van der Waals surface area contributed by atoms with Crippen molar-refractivity contribution in [2.75, 3.05) is 7.11 Å². The van der Waals surface area contributed by atoms with Gasteiger partial charge in [0, 0.05) is 12.3 Å². The number of esters is 1. The van der Waals surface area contributed by atoms with Gasteiger partial charge >= 0.3 is 5.97 Å². The normalized spacial score (nSPS) is 16.0. The van der Waals surface area contributed by atoms with Crippen LogP contribution >= 0.6 is 0 Å². The van der Waals surface area contributed by atoms with Gasteiger partial charge in [0.05, 0.1) is 19.1 Å². The molecule has 0 aromatic heterocycles. The number of hydrogen-bond donors (Lipinski definition) is 0. The first kappa shape index (κ1) is 23.4. The highest BCUT2D eigenvalue weighted by Crippen LogP contribution is 2.40. The smallest absolute Gasteiger partial charge is 0.312 e. The molecule has 0 heterocycles. The van der Waals surface area contributed by atoms with Crippen LogP contribution in [0.4, 0.5) is 22.0 Å². The molecule has 4 nitrogen and oxygen atoms in total. The molecule has 0 bridgehead atoms. The maximum absolute atomic E-state index is 13.8. The number of ketones is 1. The molecule has 2 aromatic rings. The zero-order chi connectivity index (χ0) is 23.9. The van der Waals surface area contributed by atoms with Crippen molar-refractivity contribution >= 4 is 17.3 Å². The summed E-state index contributed by atoms with van der Waals surface area (Å²) >= 11 is 0. The first-order valence-corrected chi connectivity index (χ1v) is 9.59. The van der Waals surface area contributed by atoms with E-state index in [4.69, 9.17) is 4.74 Å². The number of benzene rings is 2. The van der Waals surface area contributed by atoms with E-state index >= 15 is 0 Å². The highest BCUT2D eigenvalue weighted by molar-refractivity contribution is 6.24. The van der Waals surface area contributed by atoms with E-state index in [0.717, 1.165) is 16.7 Å². The molecule has 170 valence electrons. The number of allylic oxidation sites excluding steroid dienone is 2. The van der Waals surface area contributed by atoms with E-state index in [0.29, 0.717) is 5.56 Å². The Balaban J connectivity index is 1.93. The fraction of sp³-hybridized carbons (Fsp3) is 0.304. The zero-order valence-electron chi connectivity index (χ0n) is 17.7. The summed E-state index contributed by atoms with van der Waals surface area (Å²) in [6.07, 6.45) is -0.709. The Morgan fingerprint density at radius 3 is 1.94 bits per heavy atom. The Labute approximate surface area is 180 Å². The second-order valence-electron chi connectivity index (χ2n) is 7.62. The largest absolute Gasteiger partial charge is 0.500 e. The summed E-state index contributed by atoms with van der Waals surface area (Å²) in [5.41, 5.74) is 3.59. The molecule has 32 heavy (non-hydrogen) atoms. The van der Waals surface area contributed by atoms with Crippen LogP contribution < -0.4 is 4.74 Å². The van der Waals surface area contributed by atoms with Gasteiger partial charge in [0.15, 0.2) is 5.78 Å². The Hall–Kier alpha value is -3.23. The number of rotatable bonds is 5. The van der Waals surface area contributed by atoms with Crippen LogP contribution in [0, 0.1) is 55.8 Å². The molecule has 9 heteroatoms. The van der Waals surface area contributed by atoms with Gasteiger partial charge in [0.1, 0.15) is 5.76 Å². The molecule has 0 amide bonds. The van der Waals surface area contributed by atoms with Gasteiger partial charge in [0.2, 0.25) is 34.8 Å². The Bertz CT molecular complexity index is 1120. The lowest BCUT2D eigenvalue weighted by molar-refractivity contribution is -0.135. The van der Waals surface area contributed by atoms with Crippen molar-refractivity contribution in [1.82, 2.24) is 0 Å². The Morgan fingerprint density at radius 1 is 0.938 bits per heavy atom. The molecular formula is C23H19F5O4. The van der Waals surface area contributed by atoms with Gasteiger partial charge in [-0.1, -0.05) is 17.7 Å². The summed E-state index contributed by atoms with van der Waals surface area (Å²) in [7, 11) is 1.31. The number of carbonyl (C=O) groups is 2. The first-order chi connectivity index (χ1) is 15.0. The number of carbonyl (C=O) groups excluding carboxylic acids is 2. The highest BCUT2D eigenvalue weighted by atomic mass is 19.2. The summed E-state index contributed by atoms with van der Waals surface area (Å²) in [6.45, 7) is 5.56. The predicted molar refractivity (Wildman–Crippen MR) is 104 cm³/mol. The molecule has 0 saturated heterocycles. The summed E-state index contributed by atoms with van der Waals surface area (Å²) in [6, 6.07) is 3.78. The average Bonchev–Trinajstić information content (AvgIpc) is 3.02. The molecule has 0 saturated carbocycles.